The van der Waals surface area contributed by atoms with Gasteiger partial charge in [-0.25, -0.2) is 0 Å². The van der Waals surface area contributed by atoms with Gasteiger partial charge in [0, 0.05) is 32.7 Å². The Labute approximate surface area is 218 Å². The van der Waals surface area contributed by atoms with Crippen molar-refractivity contribution in [2.45, 2.75) is 91.6 Å². The Morgan fingerprint density at radius 3 is 2.19 bits per heavy atom. The Balaban J connectivity index is 2.00. The molecule has 0 saturated heterocycles. The van der Waals surface area contributed by atoms with Crippen molar-refractivity contribution in [3.63, 3.8) is 0 Å². The largest absolute Gasteiger partial charge is 0.464 e. The van der Waals surface area contributed by atoms with Gasteiger partial charge in [0.1, 0.15) is 11.5 Å². The van der Waals surface area contributed by atoms with Crippen molar-refractivity contribution in [1.29, 1.82) is 0 Å². The summed E-state index contributed by atoms with van der Waals surface area (Å²) < 4.78 is 11.2. The van der Waals surface area contributed by atoms with Gasteiger partial charge < -0.3 is 19.0 Å². The summed E-state index contributed by atoms with van der Waals surface area (Å²) in [6.45, 7) is 8.77. The second-order valence-corrected chi connectivity index (χ2v) is 9.48. The zero-order valence-corrected chi connectivity index (χ0v) is 22.7. The Morgan fingerprint density at radius 1 is 0.806 bits per heavy atom. The number of aryl methyl sites for hydroxylation is 1. The molecule has 0 aliphatic rings. The molecule has 36 heavy (non-hydrogen) atoms. The first kappa shape index (κ1) is 29.6. The van der Waals surface area contributed by atoms with Crippen LogP contribution in [0.25, 0.3) is 0 Å². The maximum atomic E-state index is 13.5. The summed E-state index contributed by atoms with van der Waals surface area (Å²) in [6.07, 6.45) is 9.36. The summed E-state index contributed by atoms with van der Waals surface area (Å²) in [7, 11) is 0. The Hall–Kier alpha value is -2.60. The zero-order chi connectivity index (χ0) is 26.0. The van der Waals surface area contributed by atoms with E-state index in [1.807, 2.05) is 56.3 Å². The summed E-state index contributed by atoms with van der Waals surface area (Å²) in [6, 6.07) is 13.8. The molecule has 1 aromatic heterocycles. The van der Waals surface area contributed by atoms with Crippen LogP contribution in [0.2, 0.25) is 0 Å². The van der Waals surface area contributed by atoms with Crippen LogP contribution >= 0.6 is 0 Å². The highest BCUT2D eigenvalue weighted by Gasteiger charge is 2.22. The smallest absolute Gasteiger partial charge is 0.242 e. The topological polar surface area (TPSA) is 63.0 Å². The van der Waals surface area contributed by atoms with Crippen molar-refractivity contribution in [3.05, 3.63) is 59.5 Å². The third-order valence-corrected chi connectivity index (χ3v) is 6.31. The first-order chi connectivity index (χ1) is 17.5. The van der Waals surface area contributed by atoms with Gasteiger partial charge in [0.05, 0.1) is 13.1 Å². The van der Waals surface area contributed by atoms with Crippen LogP contribution in [-0.4, -0.2) is 47.9 Å². The lowest BCUT2D eigenvalue weighted by Gasteiger charge is -2.27. The van der Waals surface area contributed by atoms with Gasteiger partial charge in [-0.05, 0) is 44.4 Å². The highest BCUT2D eigenvalue weighted by Crippen LogP contribution is 2.15. The van der Waals surface area contributed by atoms with Crippen molar-refractivity contribution in [1.82, 2.24) is 9.80 Å². The van der Waals surface area contributed by atoms with E-state index in [1.165, 1.54) is 32.1 Å². The molecule has 0 spiro atoms. The maximum absolute atomic E-state index is 13.5. The van der Waals surface area contributed by atoms with Crippen molar-refractivity contribution < 1.29 is 18.7 Å². The predicted molar refractivity (Wildman–Crippen MR) is 144 cm³/mol. The molecular formula is C30H46N2O4. The van der Waals surface area contributed by atoms with Crippen LogP contribution in [0.5, 0.6) is 0 Å². The molecule has 0 atom stereocenters. The molecule has 2 aromatic rings. The second-order valence-electron chi connectivity index (χ2n) is 9.48. The highest BCUT2D eigenvalue weighted by molar-refractivity contribution is 5.84. The van der Waals surface area contributed by atoms with Crippen LogP contribution in [0.15, 0.2) is 46.9 Å². The number of carbonyl (C=O) groups is 2. The number of hydrogen-bond donors (Lipinski definition) is 0. The molecule has 200 valence electrons. The molecule has 0 N–H and O–H groups in total. The van der Waals surface area contributed by atoms with Gasteiger partial charge >= 0.3 is 0 Å². The average Bonchev–Trinajstić information content (AvgIpc) is 3.29. The average molecular weight is 499 g/mol. The number of ether oxygens (including phenoxy) is 1. The molecule has 2 amide bonds. The van der Waals surface area contributed by atoms with E-state index in [0.717, 1.165) is 36.3 Å². The fourth-order valence-corrected chi connectivity index (χ4v) is 4.24. The molecule has 0 unspecified atom stereocenters. The van der Waals surface area contributed by atoms with Crippen LogP contribution in [0, 0.1) is 6.92 Å². The summed E-state index contributed by atoms with van der Waals surface area (Å²) in [4.78, 5) is 30.1. The van der Waals surface area contributed by atoms with Crippen LogP contribution < -0.4 is 0 Å². The number of hydrogen-bond acceptors (Lipinski definition) is 4. The number of benzene rings is 1. The molecule has 6 nitrogen and oxygen atoms in total. The number of rotatable bonds is 19. The zero-order valence-electron chi connectivity index (χ0n) is 22.7. The van der Waals surface area contributed by atoms with Gasteiger partial charge in [-0.15, -0.1) is 0 Å². The van der Waals surface area contributed by atoms with E-state index in [0.29, 0.717) is 39.3 Å². The second kappa shape index (κ2) is 17.8. The Kier molecular flexibility index (Phi) is 14.6. The lowest BCUT2D eigenvalue weighted by Crippen LogP contribution is -2.43. The van der Waals surface area contributed by atoms with E-state index in [-0.39, 0.29) is 18.4 Å². The van der Waals surface area contributed by atoms with Crippen molar-refractivity contribution in [2.24, 2.45) is 0 Å². The summed E-state index contributed by atoms with van der Waals surface area (Å²) in [5.74, 6) is 1.55. The fraction of sp³-hybridized carbons (Fsp3) is 0.600. The SMILES string of the molecule is CCCCCCCCCC(=O)N(CCCOCC)CC(=O)N(Cc1ccccc1)Cc1ccc(C)o1. The van der Waals surface area contributed by atoms with Crippen LogP contribution in [0.1, 0.15) is 88.7 Å². The summed E-state index contributed by atoms with van der Waals surface area (Å²) in [5, 5.41) is 0. The molecule has 0 aliphatic heterocycles. The number of amides is 2. The molecule has 2 rings (SSSR count). The Bertz CT molecular complexity index is 865. The van der Waals surface area contributed by atoms with Crippen molar-refractivity contribution >= 4 is 11.8 Å². The van der Waals surface area contributed by atoms with Crippen LogP contribution in [0.4, 0.5) is 0 Å². The number of carbonyl (C=O) groups excluding carboxylic acids is 2. The van der Waals surface area contributed by atoms with Crippen molar-refractivity contribution in [3.8, 4) is 0 Å². The number of nitrogens with zero attached hydrogens (tertiary/aromatic N) is 2. The highest BCUT2D eigenvalue weighted by atomic mass is 16.5. The maximum Gasteiger partial charge on any atom is 0.242 e. The van der Waals surface area contributed by atoms with Gasteiger partial charge in [0.25, 0.3) is 0 Å². The van der Waals surface area contributed by atoms with Gasteiger partial charge in [0.2, 0.25) is 11.8 Å². The molecule has 0 fully saturated rings. The molecular weight excluding hydrogens is 452 g/mol. The molecule has 1 aromatic carbocycles. The van der Waals surface area contributed by atoms with Crippen LogP contribution in [0.3, 0.4) is 0 Å². The molecule has 6 heteroatoms. The first-order valence-electron chi connectivity index (χ1n) is 13.8. The first-order valence-corrected chi connectivity index (χ1v) is 13.8. The van der Waals surface area contributed by atoms with E-state index < -0.39 is 0 Å². The van der Waals surface area contributed by atoms with Crippen molar-refractivity contribution in [2.75, 3.05) is 26.3 Å². The molecule has 0 saturated carbocycles. The van der Waals surface area contributed by atoms with Gasteiger partial charge in [-0.3, -0.25) is 9.59 Å². The number of furan rings is 1. The van der Waals surface area contributed by atoms with Gasteiger partial charge in [-0.2, -0.15) is 0 Å². The quantitative estimate of drug-likeness (QED) is 0.207. The lowest BCUT2D eigenvalue weighted by molar-refractivity contribution is -0.141. The number of unbranched alkanes of at least 4 members (excludes halogenated alkanes) is 6. The predicted octanol–water partition coefficient (Wildman–Crippen LogP) is 6.51. The minimum Gasteiger partial charge on any atom is -0.464 e. The van der Waals surface area contributed by atoms with E-state index in [9.17, 15) is 9.59 Å². The monoisotopic (exact) mass is 498 g/mol. The summed E-state index contributed by atoms with van der Waals surface area (Å²) in [5.41, 5.74) is 1.05. The fourth-order valence-electron chi connectivity index (χ4n) is 4.24. The van der Waals surface area contributed by atoms with Crippen LogP contribution in [-0.2, 0) is 27.4 Å². The Morgan fingerprint density at radius 2 is 1.53 bits per heavy atom. The normalized spacial score (nSPS) is 11.0. The molecule has 0 bridgehead atoms. The van der Waals surface area contributed by atoms with E-state index in [1.54, 1.807) is 9.80 Å². The molecule has 0 radical (unpaired) electrons. The minimum absolute atomic E-state index is 0.0573. The third kappa shape index (κ3) is 11.9. The molecule has 0 aliphatic carbocycles. The lowest BCUT2D eigenvalue weighted by atomic mass is 10.1. The van der Waals surface area contributed by atoms with E-state index >= 15 is 0 Å². The third-order valence-electron chi connectivity index (χ3n) is 6.31. The molecule has 1 heterocycles. The van der Waals surface area contributed by atoms with E-state index in [2.05, 4.69) is 6.92 Å². The minimum atomic E-state index is -0.0720. The van der Waals surface area contributed by atoms with E-state index in [4.69, 9.17) is 9.15 Å². The summed E-state index contributed by atoms with van der Waals surface area (Å²) >= 11 is 0. The van der Waals surface area contributed by atoms with Gasteiger partial charge in [-0.1, -0.05) is 75.8 Å². The standard InChI is InChI=1S/C30H46N2O4/c1-4-6-7-8-9-10-14-18-29(33)31(21-15-22-35-5-2)25-30(34)32(23-27-16-12-11-13-17-27)24-28-20-19-26(3)36-28/h11-13,16-17,19-20H,4-10,14-15,18,21-25H2,1-3H3. The van der Waals surface area contributed by atoms with Gasteiger partial charge in [0.15, 0.2) is 0 Å².